The second-order valence-corrected chi connectivity index (χ2v) is 11.6. The van der Waals surface area contributed by atoms with E-state index in [1.165, 1.54) is 27.8 Å². The number of anilines is 1. The number of carbonyl (C=O) groups is 1. The summed E-state index contributed by atoms with van der Waals surface area (Å²) in [6.07, 6.45) is 1.69. The maximum Gasteiger partial charge on any atom is 0.260 e. The molecule has 1 aliphatic rings. The number of hydrogen-bond acceptors (Lipinski definition) is 7. The SMILES string of the molecule is Cc1ccc2sc(N(Cc3ccccn3)C(=O)c3ccc(S(=O)(=O)N4CCOCC4)cc3)nc2c1C. The number of sulfonamides is 1. The van der Waals surface area contributed by atoms with Crippen LogP contribution in [0.2, 0.25) is 0 Å². The van der Waals surface area contributed by atoms with E-state index >= 15 is 0 Å². The molecule has 1 fully saturated rings. The van der Waals surface area contributed by atoms with Crippen molar-refractivity contribution in [2.75, 3.05) is 31.2 Å². The molecular weight excluding hydrogens is 496 g/mol. The topological polar surface area (TPSA) is 92.7 Å². The van der Waals surface area contributed by atoms with Gasteiger partial charge in [0.05, 0.1) is 40.6 Å². The zero-order valence-electron chi connectivity index (χ0n) is 20.0. The van der Waals surface area contributed by atoms with Crippen molar-refractivity contribution in [1.29, 1.82) is 0 Å². The number of rotatable bonds is 6. The zero-order chi connectivity index (χ0) is 25.3. The van der Waals surface area contributed by atoms with Gasteiger partial charge in [-0.2, -0.15) is 4.31 Å². The third-order valence-electron chi connectivity index (χ3n) is 6.30. The molecule has 1 amide bonds. The smallest absolute Gasteiger partial charge is 0.260 e. The van der Waals surface area contributed by atoms with Crippen LogP contribution in [0, 0.1) is 13.8 Å². The van der Waals surface area contributed by atoms with Crippen LogP contribution in [-0.4, -0.2) is 54.9 Å². The van der Waals surface area contributed by atoms with Crippen molar-refractivity contribution < 1.29 is 17.9 Å². The van der Waals surface area contributed by atoms with Gasteiger partial charge in [-0.1, -0.05) is 23.5 Å². The molecule has 1 saturated heterocycles. The Labute approximate surface area is 214 Å². The molecule has 4 aromatic rings. The quantitative estimate of drug-likeness (QED) is 0.377. The average molecular weight is 523 g/mol. The molecule has 2 aromatic heterocycles. The van der Waals surface area contributed by atoms with E-state index in [-0.39, 0.29) is 17.3 Å². The normalized spacial score (nSPS) is 14.7. The first-order chi connectivity index (χ1) is 17.3. The molecule has 0 saturated carbocycles. The maximum absolute atomic E-state index is 13.7. The second kappa shape index (κ2) is 10.1. The first-order valence-corrected chi connectivity index (χ1v) is 13.9. The van der Waals surface area contributed by atoms with Crippen LogP contribution in [0.3, 0.4) is 0 Å². The lowest BCUT2D eigenvalue weighted by Crippen LogP contribution is -2.40. The molecule has 1 aliphatic heterocycles. The molecule has 0 atom stereocenters. The molecular formula is C26H26N4O4S2. The number of carbonyl (C=O) groups excluding carboxylic acids is 1. The Hall–Kier alpha value is -3.18. The first-order valence-electron chi connectivity index (χ1n) is 11.6. The number of thiazole rings is 1. The molecule has 186 valence electrons. The summed E-state index contributed by atoms with van der Waals surface area (Å²) in [6, 6.07) is 15.7. The number of hydrogen-bond donors (Lipinski definition) is 0. The van der Waals surface area contributed by atoms with Crippen molar-refractivity contribution in [2.24, 2.45) is 0 Å². The summed E-state index contributed by atoms with van der Waals surface area (Å²) in [5.74, 6) is -0.274. The molecule has 8 nitrogen and oxygen atoms in total. The van der Waals surface area contributed by atoms with Gasteiger partial charge in [0.2, 0.25) is 10.0 Å². The summed E-state index contributed by atoms with van der Waals surface area (Å²) >= 11 is 1.45. The van der Waals surface area contributed by atoms with Crippen LogP contribution >= 0.6 is 11.3 Å². The van der Waals surface area contributed by atoms with Crippen LogP contribution in [-0.2, 0) is 21.3 Å². The monoisotopic (exact) mass is 522 g/mol. The van der Waals surface area contributed by atoms with Crippen LogP contribution in [0.15, 0.2) is 65.7 Å². The highest BCUT2D eigenvalue weighted by atomic mass is 32.2. The lowest BCUT2D eigenvalue weighted by Gasteiger charge is -2.26. The number of ether oxygens (including phenoxy) is 1. The maximum atomic E-state index is 13.7. The molecule has 0 unspecified atom stereocenters. The molecule has 0 radical (unpaired) electrons. The number of aryl methyl sites for hydroxylation is 2. The molecule has 0 aliphatic carbocycles. The highest BCUT2D eigenvalue weighted by molar-refractivity contribution is 7.89. The summed E-state index contributed by atoms with van der Waals surface area (Å²) in [5.41, 5.74) is 4.20. The Balaban J connectivity index is 1.49. The summed E-state index contributed by atoms with van der Waals surface area (Å²) in [5, 5.41) is 0.569. The summed E-state index contributed by atoms with van der Waals surface area (Å²) in [7, 11) is -3.64. The van der Waals surface area contributed by atoms with E-state index in [0.717, 1.165) is 27.0 Å². The fourth-order valence-corrected chi connectivity index (χ4v) is 6.50. The van der Waals surface area contributed by atoms with Gasteiger partial charge in [0.25, 0.3) is 5.91 Å². The molecule has 0 spiro atoms. The Morgan fingerprint density at radius 3 is 2.50 bits per heavy atom. The van der Waals surface area contributed by atoms with Crippen molar-refractivity contribution in [3.63, 3.8) is 0 Å². The lowest BCUT2D eigenvalue weighted by atomic mass is 10.1. The fraction of sp³-hybridized carbons (Fsp3) is 0.269. The third kappa shape index (κ3) is 4.77. The van der Waals surface area contributed by atoms with E-state index in [1.807, 2.05) is 38.1 Å². The second-order valence-electron chi connectivity index (χ2n) is 8.60. The number of nitrogens with zero attached hydrogens (tertiary/aromatic N) is 4. The van der Waals surface area contributed by atoms with Gasteiger partial charge in [-0.15, -0.1) is 0 Å². The van der Waals surface area contributed by atoms with E-state index in [1.54, 1.807) is 23.2 Å². The molecule has 0 N–H and O–H groups in total. The van der Waals surface area contributed by atoms with Gasteiger partial charge in [0.1, 0.15) is 0 Å². The molecule has 2 aromatic carbocycles. The fourth-order valence-electron chi connectivity index (χ4n) is 4.07. The van der Waals surface area contributed by atoms with Crippen LogP contribution in [0.4, 0.5) is 5.13 Å². The number of pyridine rings is 1. The van der Waals surface area contributed by atoms with Gasteiger partial charge in [-0.25, -0.2) is 13.4 Å². The van der Waals surface area contributed by atoms with Crippen molar-refractivity contribution in [3.05, 3.63) is 83.2 Å². The summed E-state index contributed by atoms with van der Waals surface area (Å²) < 4.78 is 33.6. The van der Waals surface area contributed by atoms with E-state index in [0.29, 0.717) is 37.0 Å². The first kappa shape index (κ1) is 24.5. The third-order valence-corrected chi connectivity index (χ3v) is 9.26. The van der Waals surface area contributed by atoms with E-state index in [2.05, 4.69) is 11.1 Å². The Morgan fingerprint density at radius 1 is 1.06 bits per heavy atom. The Morgan fingerprint density at radius 2 is 1.81 bits per heavy atom. The van der Waals surface area contributed by atoms with Gasteiger partial charge >= 0.3 is 0 Å². The van der Waals surface area contributed by atoms with Crippen LogP contribution < -0.4 is 4.90 Å². The highest BCUT2D eigenvalue weighted by Gasteiger charge is 2.27. The summed E-state index contributed by atoms with van der Waals surface area (Å²) in [6.45, 7) is 5.69. The molecule has 0 bridgehead atoms. The van der Waals surface area contributed by atoms with Crippen LogP contribution in [0.25, 0.3) is 10.2 Å². The van der Waals surface area contributed by atoms with Crippen molar-refractivity contribution >= 4 is 42.6 Å². The Kier molecular flexibility index (Phi) is 6.85. The molecule has 36 heavy (non-hydrogen) atoms. The van der Waals surface area contributed by atoms with Crippen molar-refractivity contribution in [1.82, 2.24) is 14.3 Å². The largest absolute Gasteiger partial charge is 0.379 e. The number of aromatic nitrogens is 2. The minimum absolute atomic E-state index is 0.156. The van der Waals surface area contributed by atoms with Crippen LogP contribution in [0.1, 0.15) is 27.2 Å². The van der Waals surface area contributed by atoms with Gasteiger partial charge in [-0.05, 0) is 67.4 Å². The van der Waals surface area contributed by atoms with Crippen molar-refractivity contribution in [3.8, 4) is 0 Å². The Bertz CT molecular complexity index is 1500. The van der Waals surface area contributed by atoms with E-state index in [4.69, 9.17) is 9.72 Å². The molecule has 5 rings (SSSR count). The molecule has 10 heteroatoms. The average Bonchev–Trinajstić information content (AvgIpc) is 3.35. The van der Waals surface area contributed by atoms with E-state index in [9.17, 15) is 13.2 Å². The van der Waals surface area contributed by atoms with Gasteiger partial charge in [0, 0.05) is 24.8 Å². The van der Waals surface area contributed by atoms with Gasteiger partial charge < -0.3 is 4.74 Å². The minimum atomic E-state index is -3.64. The number of morpholine rings is 1. The van der Waals surface area contributed by atoms with Crippen molar-refractivity contribution in [2.45, 2.75) is 25.3 Å². The van der Waals surface area contributed by atoms with Gasteiger partial charge in [0.15, 0.2) is 5.13 Å². The number of amides is 1. The van der Waals surface area contributed by atoms with Crippen LogP contribution in [0.5, 0.6) is 0 Å². The molecule has 3 heterocycles. The predicted octanol–water partition coefficient (Wildman–Crippen LogP) is 4.18. The zero-order valence-corrected chi connectivity index (χ0v) is 21.7. The highest BCUT2D eigenvalue weighted by Crippen LogP contribution is 2.33. The number of fused-ring (bicyclic) bond motifs is 1. The minimum Gasteiger partial charge on any atom is -0.379 e. The predicted molar refractivity (Wildman–Crippen MR) is 140 cm³/mol. The lowest BCUT2D eigenvalue weighted by molar-refractivity contribution is 0.0730. The number of benzene rings is 2. The standard InChI is InChI=1S/C26H26N4O4S2/c1-18-6-11-23-24(19(18)2)28-26(35-23)30(17-21-5-3-4-12-27-21)25(31)20-7-9-22(10-8-20)36(32,33)29-13-15-34-16-14-29/h3-12H,13-17H2,1-2H3. The van der Waals surface area contributed by atoms with E-state index < -0.39 is 10.0 Å². The van der Waals surface area contributed by atoms with Gasteiger partial charge in [-0.3, -0.25) is 14.7 Å². The summed E-state index contributed by atoms with van der Waals surface area (Å²) in [4.78, 5) is 24.7.